The van der Waals surface area contributed by atoms with Crippen molar-refractivity contribution >= 4 is 11.3 Å². The molecule has 3 heterocycles. The average molecular weight is 336 g/mol. The van der Waals surface area contributed by atoms with Gasteiger partial charge in [0.25, 0.3) is 0 Å². The molecule has 4 rings (SSSR count). The average Bonchev–Trinajstić information content (AvgIpc) is 3.10. The summed E-state index contributed by atoms with van der Waals surface area (Å²) in [5.41, 5.74) is 0.528. The maximum atomic E-state index is 5.52. The Morgan fingerprint density at radius 1 is 1.35 bits per heavy atom. The van der Waals surface area contributed by atoms with E-state index < -0.39 is 0 Å². The molecular weight excluding hydrogens is 306 g/mol. The van der Waals surface area contributed by atoms with Crippen molar-refractivity contribution in [3.8, 4) is 0 Å². The summed E-state index contributed by atoms with van der Waals surface area (Å²) in [6.45, 7) is 7.07. The zero-order valence-corrected chi connectivity index (χ0v) is 15.1. The molecule has 1 atom stereocenters. The van der Waals surface area contributed by atoms with Crippen LogP contribution in [0.15, 0.2) is 11.6 Å². The van der Waals surface area contributed by atoms with Gasteiger partial charge in [-0.1, -0.05) is 0 Å². The zero-order chi connectivity index (χ0) is 15.7. The molecule has 0 amide bonds. The van der Waals surface area contributed by atoms with Crippen LogP contribution in [0, 0.1) is 11.3 Å². The van der Waals surface area contributed by atoms with Crippen molar-refractivity contribution in [2.75, 3.05) is 39.9 Å². The lowest BCUT2D eigenvalue weighted by Crippen LogP contribution is -2.42. The molecule has 23 heavy (non-hydrogen) atoms. The van der Waals surface area contributed by atoms with Gasteiger partial charge in [0, 0.05) is 37.8 Å². The molecule has 2 aliphatic heterocycles. The lowest BCUT2D eigenvalue weighted by Gasteiger charge is -2.39. The number of hydrogen-bond acceptors (Lipinski definition) is 5. The molecule has 128 valence electrons. The molecule has 0 bridgehead atoms. The molecule has 1 aromatic rings. The number of likely N-dealkylation sites (tertiary alicyclic amines) is 2. The molecule has 3 aliphatic rings. The Balaban J connectivity index is 1.37. The van der Waals surface area contributed by atoms with E-state index in [1.54, 1.807) is 11.3 Å². The number of piperidine rings is 1. The van der Waals surface area contributed by atoms with E-state index in [9.17, 15) is 0 Å². The van der Waals surface area contributed by atoms with Gasteiger partial charge in [0.1, 0.15) is 5.01 Å². The van der Waals surface area contributed by atoms with Crippen LogP contribution in [0.3, 0.4) is 0 Å². The highest BCUT2D eigenvalue weighted by Gasteiger charge is 2.45. The van der Waals surface area contributed by atoms with Crippen LogP contribution in [-0.2, 0) is 11.3 Å². The van der Waals surface area contributed by atoms with Crippen LogP contribution >= 0.6 is 11.3 Å². The Hall–Kier alpha value is -0.490. The largest absolute Gasteiger partial charge is 0.383 e. The van der Waals surface area contributed by atoms with E-state index in [4.69, 9.17) is 4.74 Å². The fraction of sp³-hybridized carbons (Fsp3) is 0.833. The van der Waals surface area contributed by atoms with Gasteiger partial charge >= 0.3 is 0 Å². The molecule has 0 unspecified atom stereocenters. The van der Waals surface area contributed by atoms with Crippen LogP contribution in [0.4, 0.5) is 0 Å². The zero-order valence-electron chi connectivity index (χ0n) is 14.2. The van der Waals surface area contributed by atoms with Crippen molar-refractivity contribution in [3.63, 3.8) is 0 Å². The van der Waals surface area contributed by atoms with E-state index in [-0.39, 0.29) is 0 Å². The highest BCUT2D eigenvalue weighted by atomic mass is 32.1. The summed E-state index contributed by atoms with van der Waals surface area (Å²) in [6, 6.07) is 0.568. The fourth-order valence-corrected chi connectivity index (χ4v) is 5.18. The molecule has 1 spiro atoms. The quantitative estimate of drug-likeness (QED) is 0.799. The summed E-state index contributed by atoms with van der Waals surface area (Å²) >= 11 is 1.78. The van der Waals surface area contributed by atoms with Crippen LogP contribution < -0.4 is 0 Å². The summed E-state index contributed by atoms with van der Waals surface area (Å²) < 4.78 is 5.52. The standard InChI is InChI=1S/C18H29N3OS/c1-22-13-16-10-18(14-21(16)12-17-19-6-9-23-17)4-7-20(8-5-18)11-15-2-3-15/h6,9,15-16H,2-5,7-8,10-14H2,1H3/t16-/m0/s1. The Labute approximate surface area is 143 Å². The van der Waals surface area contributed by atoms with E-state index in [1.807, 2.05) is 13.3 Å². The van der Waals surface area contributed by atoms with Gasteiger partial charge in [0.05, 0.1) is 13.2 Å². The third-order valence-corrected chi connectivity index (χ3v) is 6.80. The van der Waals surface area contributed by atoms with Gasteiger partial charge in [-0.05, 0) is 56.5 Å². The Kier molecular flexibility index (Phi) is 4.72. The summed E-state index contributed by atoms with van der Waals surface area (Å²) in [7, 11) is 1.84. The van der Waals surface area contributed by atoms with Crippen molar-refractivity contribution in [2.24, 2.45) is 11.3 Å². The number of thiazole rings is 1. The second-order valence-electron chi connectivity index (χ2n) is 7.89. The molecule has 4 nitrogen and oxygen atoms in total. The Morgan fingerprint density at radius 2 is 2.17 bits per heavy atom. The number of hydrogen-bond donors (Lipinski definition) is 0. The third kappa shape index (κ3) is 3.78. The van der Waals surface area contributed by atoms with Crippen LogP contribution in [0.1, 0.15) is 37.1 Å². The van der Waals surface area contributed by atoms with Gasteiger partial charge in [-0.3, -0.25) is 4.90 Å². The number of ether oxygens (including phenoxy) is 1. The number of aromatic nitrogens is 1. The van der Waals surface area contributed by atoms with E-state index in [0.29, 0.717) is 11.5 Å². The van der Waals surface area contributed by atoms with Gasteiger partial charge in [0.2, 0.25) is 0 Å². The van der Waals surface area contributed by atoms with Gasteiger partial charge in [-0.25, -0.2) is 4.98 Å². The topological polar surface area (TPSA) is 28.6 Å². The fourth-order valence-electron chi connectivity index (χ4n) is 4.54. The molecule has 0 radical (unpaired) electrons. The molecule has 0 N–H and O–H groups in total. The molecule has 1 aliphatic carbocycles. The van der Waals surface area contributed by atoms with Crippen molar-refractivity contribution < 1.29 is 4.74 Å². The van der Waals surface area contributed by atoms with Gasteiger partial charge in [-0.2, -0.15) is 0 Å². The van der Waals surface area contributed by atoms with Crippen LogP contribution in [0.25, 0.3) is 0 Å². The van der Waals surface area contributed by atoms with Crippen LogP contribution in [0.5, 0.6) is 0 Å². The van der Waals surface area contributed by atoms with E-state index in [2.05, 4.69) is 20.2 Å². The lowest BCUT2D eigenvalue weighted by atomic mass is 9.76. The second-order valence-corrected chi connectivity index (χ2v) is 8.87. The third-order valence-electron chi connectivity index (χ3n) is 6.03. The summed E-state index contributed by atoms with van der Waals surface area (Å²) in [5, 5.41) is 3.33. The first-order chi connectivity index (χ1) is 11.3. The molecular formula is C18H29N3OS. The van der Waals surface area contributed by atoms with E-state index in [1.165, 1.54) is 63.3 Å². The van der Waals surface area contributed by atoms with E-state index >= 15 is 0 Å². The summed E-state index contributed by atoms with van der Waals surface area (Å²) in [4.78, 5) is 9.85. The Morgan fingerprint density at radius 3 is 2.83 bits per heavy atom. The second kappa shape index (κ2) is 6.79. The number of methoxy groups -OCH3 is 1. The summed E-state index contributed by atoms with van der Waals surface area (Å²) in [5.74, 6) is 1.02. The van der Waals surface area contributed by atoms with Crippen molar-refractivity contribution in [3.05, 3.63) is 16.6 Å². The molecule has 3 fully saturated rings. The lowest BCUT2D eigenvalue weighted by molar-refractivity contribution is 0.103. The summed E-state index contributed by atoms with van der Waals surface area (Å²) in [6.07, 6.45) is 8.91. The molecule has 5 heteroatoms. The van der Waals surface area contributed by atoms with Crippen LogP contribution in [0.2, 0.25) is 0 Å². The maximum absolute atomic E-state index is 5.52. The highest BCUT2D eigenvalue weighted by Crippen LogP contribution is 2.44. The van der Waals surface area contributed by atoms with Gasteiger partial charge in [0.15, 0.2) is 0 Å². The first kappa shape index (κ1) is 16.0. The first-order valence-electron chi connectivity index (χ1n) is 9.10. The highest BCUT2D eigenvalue weighted by molar-refractivity contribution is 7.09. The van der Waals surface area contributed by atoms with Crippen molar-refractivity contribution in [1.82, 2.24) is 14.8 Å². The minimum Gasteiger partial charge on any atom is -0.383 e. The minimum atomic E-state index is 0.528. The van der Waals surface area contributed by atoms with Crippen molar-refractivity contribution in [1.29, 1.82) is 0 Å². The van der Waals surface area contributed by atoms with Gasteiger partial charge < -0.3 is 9.64 Å². The number of nitrogens with zero attached hydrogens (tertiary/aromatic N) is 3. The normalized spacial score (nSPS) is 28.7. The van der Waals surface area contributed by atoms with Crippen LogP contribution in [-0.4, -0.2) is 60.7 Å². The monoisotopic (exact) mass is 335 g/mol. The first-order valence-corrected chi connectivity index (χ1v) is 9.98. The SMILES string of the molecule is COC[C@@H]1CC2(CCN(CC3CC3)CC2)CN1Cc1nccs1. The van der Waals surface area contributed by atoms with E-state index in [0.717, 1.165) is 19.1 Å². The van der Waals surface area contributed by atoms with Gasteiger partial charge in [-0.15, -0.1) is 11.3 Å². The predicted molar refractivity (Wildman–Crippen MR) is 93.6 cm³/mol. The van der Waals surface area contributed by atoms with Crippen molar-refractivity contribution in [2.45, 2.75) is 44.7 Å². The minimum absolute atomic E-state index is 0.528. The maximum Gasteiger partial charge on any atom is 0.107 e. The molecule has 0 aromatic carbocycles. The molecule has 1 saturated carbocycles. The predicted octanol–water partition coefficient (Wildman–Crippen LogP) is 2.86. The Bertz CT molecular complexity index is 494. The smallest absolute Gasteiger partial charge is 0.107 e. The molecule has 1 aromatic heterocycles. The molecule has 2 saturated heterocycles. The number of rotatable bonds is 6.